The van der Waals surface area contributed by atoms with E-state index in [1.54, 1.807) is 27.8 Å². The number of rotatable bonds is 4. The zero-order chi connectivity index (χ0) is 20.4. The molecule has 0 radical (unpaired) electrons. The lowest BCUT2D eigenvalue weighted by Gasteiger charge is -2.43. The number of carbonyl (C=O) groups excluding carboxylic acids is 1. The van der Waals surface area contributed by atoms with E-state index in [0.717, 1.165) is 12.1 Å². The van der Waals surface area contributed by atoms with Gasteiger partial charge in [0.15, 0.2) is 11.6 Å². The van der Waals surface area contributed by atoms with Crippen LogP contribution in [0.2, 0.25) is 0 Å². The molecule has 0 aromatic heterocycles. The summed E-state index contributed by atoms with van der Waals surface area (Å²) in [4.78, 5) is 14.1. The summed E-state index contributed by atoms with van der Waals surface area (Å²) in [5, 5.41) is 12.8. The molecule has 1 fully saturated rings. The first-order valence-electron chi connectivity index (χ1n) is 9.07. The van der Waals surface area contributed by atoms with E-state index in [-0.39, 0.29) is 24.9 Å². The van der Waals surface area contributed by atoms with Crippen molar-refractivity contribution >= 4 is 6.09 Å². The number of hydrogen-bond acceptors (Lipinski definition) is 5. The van der Waals surface area contributed by atoms with E-state index in [4.69, 9.17) is 10.5 Å². The topological polar surface area (TPSA) is 87.8 Å². The van der Waals surface area contributed by atoms with E-state index in [2.05, 4.69) is 5.32 Å². The van der Waals surface area contributed by atoms with Gasteiger partial charge in [-0.05, 0) is 51.9 Å². The van der Waals surface area contributed by atoms with Crippen molar-refractivity contribution in [3.63, 3.8) is 0 Å². The molecule has 6 nitrogen and oxygen atoms in total. The van der Waals surface area contributed by atoms with Gasteiger partial charge in [0.1, 0.15) is 11.8 Å². The molecule has 0 aliphatic carbocycles. The first-order valence-corrected chi connectivity index (χ1v) is 9.07. The summed E-state index contributed by atoms with van der Waals surface area (Å²) in [7, 11) is 1.61. The van der Waals surface area contributed by atoms with E-state index < -0.39 is 35.6 Å². The van der Waals surface area contributed by atoms with Gasteiger partial charge in [0.2, 0.25) is 0 Å². The number of nitrogens with one attached hydrogen (secondary N) is 1. The quantitative estimate of drug-likeness (QED) is 0.693. The number of halogens is 2. The van der Waals surface area contributed by atoms with Crippen LogP contribution in [-0.4, -0.2) is 53.6 Å². The van der Waals surface area contributed by atoms with Crippen LogP contribution >= 0.6 is 0 Å². The number of hydrogen-bond donors (Lipinski definition) is 3. The molecule has 1 aliphatic heterocycles. The van der Waals surface area contributed by atoms with Gasteiger partial charge in [0, 0.05) is 31.0 Å². The Bertz CT molecular complexity index is 666. The Morgan fingerprint density at radius 2 is 2.07 bits per heavy atom. The number of amides is 1. The molecule has 1 heterocycles. The van der Waals surface area contributed by atoms with Crippen LogP contribution in [0.25, 0.3) is 0 Å². The largest absolute Gasteiger partial charge is 0.444 e. The number of likely N-dealkylation sites (tertiary alicyclic amines) is 1. The Morgan fingerprint density at radius 1 is 1.41 bits per heavy atom. The van der Waals surface area contributed by atoms with Gasteiger partial charge in [-0.3, -0.25) is 5.32 Å². The third-order valence-electron chi connectivity index (χ3n) is 4.72. The molecule has 1 saturated heterocycles. The van der Waals surface area contributed by atoms with Gasteiger partial charge in [-0.1, -0.05) is 6.07 Å². The Balaban J connectivity index is 2.26. The highest BCUT2D eigenvalue weighted by Gasteiger charge is 2.39. The van der Waals surface area contributed by atoms with E-state index in [9.17, 15) is 18.7 Å². The average molecular weight is 385 g/mol. The second-order valence-corrected chi connectivity index (χ2v) is 8.01. The van der Waals surface area contributed by atoms with E-state index in [1.807, 2.05) is 0 Å². The second-order valence-electron chi connectivity index (χ2n) is 8.01. The van der Waals surface area contributed by atoms with Gasteiger partial charge in [-0.25, -0.2) is 13.6 Å². The summed E-state index contributed by atoms with van der Waals surface area (Å²) in [5.74, 6) is -2.12. The van der Waals surface area contributed by atoms with Crippen molar-refractivity contribution in [1.29, 1.82) is 0 Å². The molecule has 0 saturated carbocycles. The van der Waals surface area contributed by atoms with Crippen LogP contribution in [-0.2, 0) is 4.74 Å². The summed E-state index contributed by atoms with van der Waals surface area (Å²) >= 11 is 0. The Labute approximate surface area is 158 Å². The fourth-order valence-corrected chi connectivity index (χ4v) is 3.37. The van der Waals surface area contributed by atoms with Crippen LogP contribution < -0.4 is 11.1 Å². The molecule has 27 heavy (non-hydrogen) atoms. The Morgan fingerprint density at radius 3 is 2.63 bits per heavy atom. The zero-order valence-corrected chi connectivity index (χ0v) is 16.2. The normalized spacial score (nSPS) is 24.6. The van der Waals surface area contributed by atoms with Gasteiger partial charge in [0.05, 0.1) is 0 Å². The van der Waals surface area contributed by atoms with Gasteiger partial charge in [-0.15, -0.1) is 0 Å². The van der Waals surface area contributed by atoms with Crippen LogP contribution in [0.1, 0.15) is 45.1 Å². The maximum Gasteiger partial charge on any atom is 0.410 e. The number of aliphatic hydroxyl groups is 1. The van der Waals surface area contributed by atoms with Crippen LogP contribution in [0.4, 0.5) is 13.6 Å². The lowest BCUT2D eigenvalue weighted by Crippen LogP contribution is -2.56. The molecule has 0 spiro atoms. The van der Waals surface area contributed by atoms with Crippen molar-refractivity contribution in [3.8, 4) is 0 Å². The highest BCUT2D eigenvalue weighted by Crippen LogP contribution is 2.34. The number of piperidine rings is 1. The summed E-state index contributed by atoms with van der Waals surface area (Å²) in [6.45, 7) is 5.52. The molecular weight excluding hydrogens is 356 g/mol. The molecule has 8 heteroatoms. The molecule has 152 valence electrons. The molecular formula is C19H29F2N3O3. The molecule has 2 rings (SSSR count). The lowest BCUT2D eigenvalue weighted by molar-refractivity contribution is -0.00441. The van der Waals surface area contributed by atoms with E-state index >= 15 is 0 Å². The third kappa shape index (κ3) is 5.60. The molecule has 1 aromatic rings. The number of nitrogens with two attached hydrogens (primary N) is 1. The SMILES string of the molecule is CN[C@@H](O)C[C@@H]1C[C@@H](c2ccc(F)c(F)c2)[C@H](N)CN1C(=O)OC(C)(C)C. The zero-order valence-electron chi connectivity index (χ0n) is 16.2. The third-order valence-corrected chi connectivity index (χ3v) is 4.72. The minimum absolute atomic E-state index is 0.194. The number of aliphatic hydroxyl groups excluding tert-OH is 1. The van der Waals surface area contributed by atoms with Gasteiger partial charge < -0.3 is 20.5 Å². The number of carbonyl (C=O) groups is 1. The average Bonchev–Trinajstić information content (AvgIpc) is 2.57. The predicted molar refractivity (Wildman–Crippen MR) is 98.1 cm³/mol. The first-order chi connectivity index (χ1) is 12.5. The van der Waals surface area contributed by atoms with Crippen molar-refractivity contribution in [2.75, 3.05) is 13.6 Å². The van der Waals surface area contributed by atoms with Gasteiger partial charge >= 0.3 is 6.09 Å². The standard InChI is InChI=1S/C19H29F2N3O3/c1-19(2,3)27-18(26)24-10-16(22)13(8-12(24)9-17(25)23-4)11-5-6-14(20)15(21)7-11/h5-7,12-13,16-17,23,25H,8-10,22H2,1-4H3/t12-,13-,16+,17-/m0/s1. The van der Waals surface area contributed by atoms with Crippen molar-refractivity contribution in [2.24, 2.45) is 5.73 Å². The maximum atomic E-state index is 13.7. The van der Waals surface area contributed by atoms with Crippen LogP contribution in [0.3, 0.4) is 0 Å². The summed E-state index contributed by atoms with van der Waals surface area (Å²) in [6.07, 6.45) is -0.651. The smallest absolute Gasteiger partial charge is 0.410 e. The summed E-state index contributed by atoms with van der Waals surface area (Å²) in [5.41, 5.74) is 6.19. The molecule has 0 unspecified atom stereocenters. The predicted octanol–water partition coefficient (Wildman–Crippen LogP) is 2.31. The molecule has 0 bridgehead atoms. The lowest BCUT2D eigenvalue weighted by atomic mass is 9.81. The fourth-order valence-electron chi connectivity index (χ4n) is 3.37. The molecule has 1 aliphatic rings. The second kappa shape index (κ2) is 8.50. The summed E-state index contributed by atoms with van der Waals surface area (Å²) in [6, 6.07) is 2.91. The molecule has 4 N–H and O–H groups in total. The van der Waals surface area contributed by atoms with E-state index in [0.29, 0.717) is 12.0 Å². The number of ether oxygens (including phenoxy) is 1. The minimum Gasteiger partial charge on any atom is -0.444 e. The number of nitrogens with zero attached hydrogens (tertiary/aromatic N) is 1. The molecule has 1 aromatic carbocycles. The van der Waals surface area contributed by atoms with Crippen molar-refractivity contribution in [3.05, 3.63) is 35.4 Å². The molecule has 4 atom stereocenters. The van der Waals surface area contributed by atoms with Crippen LogP contribution in [0.5, 0.6) is 0 Å². The van der Waals surface area contributed by atoms with Crippen molar-refractivity contribution in [1.82, 2.24) is 10.2 Å². The highest BCUT2D eigenvalue weighted by atomic mass is 19.2. The molecule has 1 amide bonds. The van der Waals surface area contributed by atoms with Gasteiger partial charge in [0.25, 0.3) is 0 Å². The highest BCUT2D eigenvalue weighted by molar-refractivity contribution is 5.69. The van der Waals surface area contributed by atoms with Crippen LogP contribution in [0, 0.1) is 11.6 Å². The first kappa shape index (κ1) is 21.5. The van der Waals surface area contributed by atoms with E-state index in [1.165, 1.54) is 11.0 Å². The van der Waals surface area contributed by atoms with Gasteiger partial charge in [-0.2, -0.15) is 0 Å². The minimum atomic E-state index is -0.930. The van der Waals surface area contributed by atoms with Crippen LogP contribution in [0.15, 0.2) is 18.2 Å². The van der Waals surface area contributed by atoms with Crippen molar-refractivity contribution < 1.29 is 23.4 Å². The summed E-state index contributed by atoms with van der Waals surface area (Å²) < 4.78 is 32.4. The Hall–Kier alpha value is -1.77. The Kier molecular flexibility index (Phi) is 6.77. The maximum absolute atomic E-state index is 13.7. The van der Waals surface area contributed by atoms with Crippen molar-refractivity contribution in [2.45, 2.75) is 63.4 Å². The number of benzene rings is 1. The fraction of sp³-hybridized carbons (Fsp3) is 0.632. The monoisotopic (exact) mass is 385 g/mol.